The molecule has 1 aromatic carbocycles. The molecule has 2 aliphatic rings. The Kier molecular flexibility index (Phi) is 4.64. The highest BCUT2D eigenvalue weighted by Gasteiger charge is 2.33. The number of hydrogen-bond donors (Lipinski definition) is 0. The van der Waals surface area contributed by atoms with E-state index in [0.717, 1.165) is 43.9 Å². The molecule has 1 saturated heterocycles. The quantitative estimate of drug-likeness (QED) is 0.832. The van der Waals surface area contributed by atoms with Gasteiger partial charge in [-0.05, 0) is 42.4 Å². The largest absolute Gasteiger partial charge is 0.454 e. The Balaban J connectivity index is 1.42. The van der Waals surface area contributed by atoms with Crippen LogP contribution in [0.2, 0.25) is 0 Å². The van der Waals surface area contributed by atoms with Crippen molar-refractivity contribution in [2.45, 2.75) is 32.7 Å². The molecule has 3 heterocycles. The van der Waals surface area contributed by atoms with Crippen molar-refractivity contribution >= 4 is 5.91 Å². The minimum absolute atomic E-state index is 0.0329. The number of fused-ring (bicyclic) bond motifs is 1. The smallest absolute Gasteiger partial charge is 0.242 e. The van der Waals surface area contributed by atoms with E-state index in [4.69, 9.17) is 9.47 Å². The first kappa shape index (κ1) is 17.6. The lowest BCUT2D eigenvalue weighted by Crippen LogP contribution is -2.46. The third kappa shape index (κ3) is 3.99. The molecule has 6 heteroatoms. The van der Waals surface area contributed by atoms with Gasteiger partial charge in [-0.25, -0.2) is 0 Å². The summed E-state index contributed by atoms with van der Waals surface area (Å²) in [5.41, 5.74) is 1.19. The van der Waals surface area contributed by atoms with Gasteiger partial charge in [-0.15, -0.1) is 0 Å². The number of carbonyl (C=O) groups is 1. The van der Waals surface area contributed by atoms with Crippen molar-refractivity contribution < 1.29 is 14.3 Å². The Labute approximate surface area is 158 Å². The zero-order chi connectivity index (χ0) is 18.9. The minimum Gasteiger partial charge on any atom is -0.454 e. The van der Waals surface area contributed by atoms with E-state index in [9.17, 15) is 9.59 Å². The van der Waals surface area contributed by atoms with Crippen LogP contribution in [0.1, 0.15) is 25.3 Å². The van der Waals surface area contributed by atoms with Crippen molar-refractivity contribution in [1.29, 1.82) is 0 Å². The van der Waals surface area contributed by atoms with Gasteiger partial charge in [0.05, 0.1) is 0 Å². The number of hydrogen-bond acceptors (Lipinski definition) is 4. The molecule has 1 amide bonds. The molecule has 4 rings (SSSR count). The average Bonchev–Trinajstić information content (AvgIpc) is 3.11. The Morgan fingerprint density at radius 2 is 1.93 bits per heavy atom. The summed E-state index contributed by atoms with van der Waals surface area (Å²) < 4.78 is 12.6. The Morgan fingerprint density at radius 1 is 1.15 bits per heavy atom. The van der Waals surface area contributed by atoms with Gasteiger partial charge >= 0.3 is 0 Å². The first-order valence-corrected chi connectivity index (χ1v) is 9.33. The molecule has 0 aliphatic carbocycles. The molecule has 1 aromatic heterocycles. The maximum atomic E-state index is 12.7. The number of amides is 1. The van der Waals surface area contributed by atoms with Crippen molar-refractivity contribution in [2.24, 2.45) is 5.41 Å². The number of aromatic nitrogens is 1. The molecule has 2 aromatic rings. The van der Waals surface area contributed by atoms with E-state index in [0.29, 0.717) is 0 Å². The maximum absolute atomic E-state index is 12.7. The third-order valence-electron chi connectivity index (χ3n) is 5.38. The van der Waals surface area contributed by atoms with E-state index in [1.54, 1.807) is 17.0 Å². The fourth-order valence-corrected chi connectivity index (χ4v) is 4.02. The van der Waals surface area contributed by atoms with Crippen LogP contribution < -0.4 is 14.9 Å². The first-order chi connectivity index (χ1) is 13.0. The lowest BCUT2D eigenvalue weighted by atomic mass is 9.77. The summed E-state index contributed by atoms with van der Waals surface area (Å²) in [7, 11) is 0. The molecular formula is C21H24N2O4. The number of rotatable bonds is 4. The van der Waals surface area contributed by atoms with Crippen molar-refractivity contribution in [3.63, 3.8) is 0 Å². The van der Waals surface area contributed by atoms with E-state index < -0.39 is 0 Å². The predicted molar refractivity (Wildman–Crippen MR) is 101 cm³/mol. The number of pyridine rings is 1. The fourth-order valence-electron chi connectivity index (χ4n) is 4.02. The standard InChI is InChI=1S/C21H24N2O4/c1-21(12-16-3-4-18-19(11-16)27-15-26-18)7-2-8-23(14-21)20(25)13-22-9-5-17(24)6-10-22/h3-6,9-11H,2,7-8,12-15H2,1H3/t21-/m0/s1. The van der Waals surface area contributed by atoms with Crippen LogP contribution in [0.25, 0.3) is 0 Å². The van der Waals surface area contributed by atoms with Gasteiger partial charge in [-0.2, -0.15) is 0 Å². The summed E-state index contributed by atoms with van der Waals surface area (Å²) in [5.74, 6) is 1.69. The molecule has 1 atom stereocenters. The van der Waals surface area contributed by atoms with Gasteiger partial charge < -0.3 is 18.9 Å². The number of carbonyl (C=O) groups excluding carboxylic acids is 1. The molecular weight excluding hydrogens is 344 g/mol. The van der Waals surface area contributed by atoms with Crippen LogP contribution >= 0.6 is 0 Å². The van der Waals surface area contributed by atoms with Crippen LogP contribution in [0.3, 0.4) is 0 Å². The van der Waals surface area contributed by atoms with E-state index in [2.05, 4.69) is 19.1 Å². The van der Waals surface area contributed by atoms with E-state index >= 15 is 0 Å². The third-order valence-corrected chi connectivity index (χ3v) is 5.38. The number of likely N-dealkylation sites (tertiary alicyclic amines) is 1. The van der Waals surface area contributed by atoms with Crippen molar-refractivity contribution in [3.05, 3.63) is 58.5 Å². The molecule has 0 radical (unpaired) electrons. The highest BCUT2D eigenvalue weighted by molar-refractivity contribution is 5.76. The monoisotopic (exact) mass is 368 g/mol. The Bertz CT molecular complexity index is 887. The summed E-state index contributed by atoms with van der Waals surface area (Å²) >= 11 is 0. The molecule has 142 valence electrons. The second kappa shape index (κ2) is 7.10. The predicted octanol–water partition coefficient (Wildman–Crippen LogP) is 2.45. The van der Waals surface area contributed by atoms with Gasteiger partial charge in [0, 0.05) is 37.6 Å². The molecule has 2 aliphatic heterocycles. The van der Waals surface area contributed by atoms with E-state index in [1.807, 2.05) is 11.0 Å². The number of benzene rings is 1. The zero-order valence-electron chi connectivity index (χ0n) is 15.5. The average molecular weight is 368 g/mol. The summed E-state index contributed by atoms with van der Waals surface area (Å²) in [6.45, 7) is 4.32. The van der Waals surface area contributed by atoms with Crippen LogP contribution in [0.15, 0.2) is 47.5 Å². The van der Waals surface area contributed by atoms with Crippen molar-refractivity contribution in [1.82, 2.24) is 9.47 Å². The first-order valence-electron chi connectivity index (χ1n) is 9.33. The SMILES string of the molecule is C[C@@]1(Cc2ccc3c(c2)OCO3)CCCN(C(=O)Cn2ccc(=O)cc2)C1. The molecule has 0 unspecified atom stereocenters. The molecule has 0 spiro atoms. The normalized spacial score (nSPS) is 21.3. The Morgan fingerprint density at radius 3 is 2.74 bits per heavy atom. The van der Waals surface area contributed by atoms with Crippen LogP contribution in [0.5, 0.6) is 11.5 Å². The van der Waals surface area contributed by atoms with Gasteiger partial charge in [0.1, 0.15) is 6.54 Å². The maximum Gasteiger partial charge on any atom is 0.242 e. The molecule has 6 nitrogen and oxygen atoms in total. The number of piperidine rings is 1. The summed E-state index contributed by atoms with van der Waals surface area (Å²) in [6.07, 6.45) is 6.30. The minimum atomic E-state index is -0.0482. The van der Waals surface area contributed by atoms with Crippen LogP contribution in [0.4, 0.5) is 0 Å². The Hall–Kier alpha value is -2.76. The van der Waals surface area contributed by atoms with Gasteiger partial charge in [-0.3, -0.25) is 9.59 Å². The lowest BCUT2D eigenvalue weighted by Gasteiger charge is -2.41. The summed E-state index contributed by atoms with van der Waals surface area (Å²) in [5, 5.41) is 0. The van der Waals surface area contributed by atoms with Gasteiger partial charge in [0.25, 0.3) is 0 Å². The van der Waals surface area contributed by atoms with Gasteiger partial charge in [0.2, 0.25) is 12.7 Å². The molecule has 27 heavy (non-hydrogen) atoms. The summed E-state index contributed by atoms with van der Waals surface area (Å²) in [6, 6.07) is 9.05. The van der Waals surface area contributed by atoms with E-state index in [-0.39, 0.29) is 30.1 Å². The van der Waals surface area contributed by atoms with E-state index in [1.165, 1.54) is 17.7 Å². The van der Waals surface area contributed by atoms with Gasteiger partial charge in [-0.1, -0.05) is 13.0 Å². The second-order valence-corrected chi connectivity index (χ2v) is 7.80. The topological polar surface area (TPSA) is 60.8 Å². The van der Waals surface area contributed by atoms with Crippen LogP contribution in [0, 0.1) is 5.41 Å². The second-order valence-electron chi connectivity index (χ2n) is 7.80. The molecule has 0 N–H and O–H groups in total. The fraction of sp³-hybridized carbons (Fsp3) is 0.429. The molecule has 0 saturated carbocycles. The summed E-state index contributed by atoms with van der Waals surface area (Å²) in [4.78, 5) is 25.9. The van der Waals surface area contributed by atoms with Gasteiger partial charge in [0.15, 0.2) is 16.9 Å². The van der Waals surface area contributed by atoms with Crippen LogP contribution in [-0.4, -0.2) is 35.3 Å². The van der Waals surface area contributed by atoms with Crippen molar-refractivity contribution in [2.75, 3.05) is 19.9 Å². The highest BCUT2D eigenvalue weighted by Crippen LogP contribution is 2.37. The lowest BCUT2D eigenvalue weighted by molar-refractivity contribution is -0.135. The van der Waals surface area contributed by atoms with Crippen molar-refractivity contribution in [3.8, 4) is 11.5 Å². The molecule has 1 fully saturated rings. The van der Waals surface area contributed by atoms with Crippen LogP contribution in [-0.2, 0) is 17.8 Å². The molecule has 0 bridgehead atoms. The number of ether oxygens (including phenoxy) is 2. The number of nitrogens with zero attached hydrogens (tertiary/aromatic N) is 2. The zero-order valence-corrected chi connectivity index (χ0v) is 15.5. The highest BCUT2D eigenvalue weighted by atomic mass is 16.7.